The number of rotatable bonds is 5. The van der Waals surface area contributed by atoms with Crippen LogP contribution in [0.2, 0.25) is 0 Å². The molecule has 0 aliphatic heterocycles. The van der Waals surface area contributed by atoms with Gasteiger partial charge in [0.15, 0.2) is 0 Å². The van der Waals surface area contributed by atoms with Crippen LogP contribution in [0.15, 0.2) is 23.2 Å². The molecule has 0 unspecified atom stereocenters. The summed E-state index contributed by atoms with van der Waals surface area (Å²) in [5, 5.41) is 0.918. The maximum absolute atomic E-state index is 12.4. The summed E-state index contributed by atoms with van der Waals surface area (Å²) in [6, 6.07) is 3.51. The van der Waals surface area contributed by atoms with Crippen LogP contribution in [0.4, 0.5) is 0 Å². The van der Waals surface area contributed by atoms with Gasteiger partial charge in [-0.05, 0) is 43.5 Å². The number of nitrogens with one attached hydrogen (secondary N) is 1. The molecule has 5 nitrogen and oxygen atoms in total. The highest BCUT2D eigenvalue weighted by molar-refractivity contribution is 7.89. The van der Waals surface area contributed by atoms with Crippen LogP contribution < -0.4 is 10.5 Å². The zero-order valence-corrected chi connectivity index (χ0v) is 13.9. The number of hydrogen-bond acceptors (Lipinski definition) is 5. The Kier molecular flexibility index (Phi) is 4.77. The maximum Gasteiger partial charge on any atom is 0.241 e. The summed E-state index contributed by atoms with van der Waals surface area (Å²) in [5.41, 5.74) is 8.23. The van der Waals surface area contributed by atoms with Crippen molar-refractivity contribution < 1.29 is 8.42 Å². The van der Waals surface area contributed by atoms with Crippen molar-refractivity contribution in [2.24, 2.45) is 5.73 Å². The number of thiazole rings is 1. The van der Waals surface area contributed by atoms with Crippen molar-refractivity contribution in [1.82, 2.24) is 9.71 Å². The predicted octanol–water partition coefficient (Wildman–Crippen LogP) is 2.01. The van der Waals surface area contributed by atoms with Gasteiger partial charge in [0.25, 0.3) is 0 Å². The number of sulfonamides is 1. The fourth-order valence-corrected chi connectivity index (χ4v) is 4.22. The van der Waals surface area contributed by atoms with Gasteiger partial charge in [0.1, 0.15) is 0 Å². The van der Waals surface area contributed by atoms with Gasteiger partial charge in [-0.3, -0.25) is 0 Å². The van der Waals surface area contributed by atoms with Gasteiger partial charge in [-0.15, -0.1) is 11.3 Å². The number of aromatic nitrogens is 1. The summed E-state index contributed by atoms with van der Waals surface area (Å²) in [4.78, 5) is 5.29. The first-order valence-corrected chi connectivity index (χ1v) is 8.84. The van der Waals surface area contributed by atoms with E-state index >= 15 is 0 Å². The zero-order chi connectivity index (χ0) is 15.6. The number of hydrogen-bond donors (Lipinski definition) is 2. The van der Waals surface area contributed by atoms with Crippen LogP contribution in [0.3, 0.4) is 0 Å². The van der Waals surface area contributed by atoms with E-state index in [1.165, 1.54) is 11.3 Å². The van der Waals surface area contributed by atoms with Gasteiger partial charge in [-0.1, -0.05) is 6.07 Å². The van der Waals surface area contributed by atoms with Gasteiger partial charge in [0.2, 0.25) is 10.0 Å². The first-order chi connectivity index (χ1) is 9.83. The van der Waals surface area contributed by atoms with Crippen LogP contribution >= 0.6 is 11.3 Å². The van der Waals surface area contributed by atoms with Gasteiger partial charge in [0, 0.05) is 24.2 Å². The molecule has 1 aromatic carbocycles. The SMILES string of the molecule is Cc1ncc(CNS(=O)(=O)c2cc(CN)c(C)cc2C)s1. The standard InChI is InChI=1S/C14H19N3O2S2/c1-9-4-10(2)14(5-12(9)6-15)21(18,19)17-8-13-7-16-11(3)20-13/h4-5,7,17H,6,8,15H2,1-3H3. The lowest BCUT2D eigenvalue weighted by molar-refractivity contribution is 0.581. The van der Waals surface area contributed by atoms with Crippen molar-refractivity contribution in [2.45, 2.75) is 38.8 Å². The van der Waals surface area contributed by atoms with Crippen molar-refractivity contribution in [3.05, 3.63) is 44.9 Å². The van der Waals surface area contributed by atoms with E-state index in [0.717, 1.165) is 26.6 Å². The largest absolute Gasteiger partial charge is 0.326 e. The molecule has 0 saturated carbocycles. The highest BCUT2D eigenvalue weighted by Gasteiger charge is 2.18. The number of nitrogens with two attached hydrogens (primary N) is 1. The molecule has 114 valence electrons. The van der Waals surface area contributed by atoms with Gasteiger partial charge >= 0.3 is 0 Å². The van der Waals surface area contributed by atoms with Crippen LogP contribution in [0.25, 0.3) is 0 Å². The number of nitrogens with zero attached hydrogens (tertiary/aromatic N) is 1. The van der Waals surface area contributed by atoms with Crippen LogP contribution in [0, 0.1) is 20.8 Å². The lowest BCUT2D eigenvalue weighted by atomic mass is 10.1. The second-order valence-electron chi connectivity index (χ2n) is 4.92. The third kappa shape index (κ3) is 3.68. The van der Waals surface area contributed by atoms with Crippen LogP contribution in [-0.4, -0.2) is 13.4 Å². The molecule has 0 bridgehead atoms. The van der Waals surface area contributed by atoms with E-state index in [2.05, 4.69) is 9.71 Å². The van der Waals surface area contributed by atoms with Gasteiger partial charge in [-0.2, -0.15) is 0 Å². The molecule has 1 aromatic heterocycles. The van der Waals surface area contributed by atoms with E-state index in [-0.39, 0.29) is 11.4 Å². The lowest BCUT2D eigenvalue weighted by Crippen LogP contribution is -2.24. The summed E-state index contributed by atoms with van der Waals surface area (Å²) < 4.78 is 27.5. The lowest BCUT2D eigenvalue weighted by Gasteiger charge is -2.12. The molecule has 0 aliphatic rings. The summed E-state index contributed by atoms with van der Waals surface area (Å²) in [6.07, 6.45) is 1.69. The second kappa shape index (κ2) is 6.23. The van der Waals surface area contributed by atoms with E-state index in [1.807, 2.05) is 19.9 Å². The van der Waals surface area contributed by atoms with E-state index in [1.54, 1.807) is 19.2 Å². The molecule has 0 amide bonds. The normalized spacial score (nSPS) is 11.8. The Bertz CT molecular complexity index is 752. The van der Waals surface area contributed by atoms with E-state index in [4.69, 9.17) is 5.73 Å². The van der Waals surface area contributed by atoms with Crippen molar-refractivity contribution in [1.29, 1.82) is 0 Å². The molecule has 0 aliphatic carbocycles. The molecule has 0 atom stereocenters. The Hall–Kier alpha value is -1.28. The monoisotopic (exact) mass is 325 g/mol. The third-order valence-electron chi connectivity index (χ3n) is 3.25. The Morgan fingerprint density at radius 2 is 1.95 bits per heavy atom. The first kappa shape index (κ1) is 16.1. The van der Waals surface area contributed by atoms with E-state index in [0.29, 0.717) is 6.54 Å². The Morgan fingerprint density at radius 1 is 1.24 bits per heavy atom. The average Bonchev–Trinajstić information content (AvgIpc) is 2.82. The third-order valence-corrected chi connectivity index (χ3v) is 5.70. The van der Waals surface area contributed by atoms with E-state index in [9.17, 15) is 8.42 Å². The molecule has 3 N–H and O–H groups in total. The first-order valence-electron chi connectivity index (χ1n) is 6.54. The fraction of sp³-hybridized carbons (Fsp3) is 0.357. The zero-order valence-electron chi connectivity index (χ0n) is 12.3. The Labute approximate surface area is 129 Å². The van der Waals surface area contributed by atoms with E-state index < -0.39 is 10.0 Å². The molecule has 0 saturated heterocycles. The predicted molar refractivity (Wildman–Crippen MR) is 84.7 cm³/mol. The molecule has 0 radical (unpaired) electrons. The Morgan fingerprint density at radius 3 is 2.52 bits per heavy atom. The second-order valence-corrected chi connectivity index (χ2v) is 7.97. The van der Waals surface area contributed by atoms with Crippen molar-refractivity contribution in [3.8, 4) is 0 Å². The van der Waals surface area contributed by atoms with Crippen LogP contribution in [0.1, 0.15) is 26.6 Å². The van der Waals surface area contributed by atoms with Crippen molar-refractivity contribution in [3.63, 3.8) is 0 Å². The van der Waals surface area contributed by atoms with Crippen molar-refractivity contribution >= 4 is 21.4 Å². The highest BCUT2D eigenvalue weighted by atomic mass is 32.2. The van der Waals surface area contributed by atoms with Crippen molar-refractivity contribution in [2.75, 3.05) is 0 Å². The summed E-state index contributed by atoms with van der Waals surface area (Å²) >= 11 is 1.48. The average molecular weight is 325 g/mol. The minimum Gasteiger partial charge on any atom is -0.326 e. The summed E-state index contributed by atoms with van der Waals surface area (Å²) in [7, 11) is -3.56. The van der Waals surface area contributed by atoms with Gasteiger partial charge in [0.05, 0.1) is 9.90 Å². The molecule has 2 aromatic rings. The molecule has 2 rings (SSSR count). The van der Waals surface area contributed by atoms with Crippen LogP contribution in [-0.2, 0) is 23.1 Å². The quantitative estimate of drug-likeness (QED) is 0.880. The molecule has 1 heterocycles. The highest BCUT2D eigenvalue weighted by Crippen LogP contribution is 2.21. The van der Waals surface area contributed by atoms with Crippen LogP contribution in [0.5, 0.6) is 0 Å². The minimum atomic E-state index is -3.56. The fourth-order valence-electron chi connectivity index (χ4n) is 2.11. The topological polar surface area (TPSA) is 85.1 Å². The molecular formula is C14H19N3O2S2. The number of benzene rings is 1. The summed E-state index contributed by atoms with van der Waals surface area (Å²) in [5.74, 6) is 0. The summed E-state index contributed by atoms with van der Waals surface area (Å²) in [6.45, 7) is 6.18. The van der Waals surface area contributed by atoms with Gasteiger partial charge < -0.3 is 5.73 Å². The Balaban J connectivity index is 2.27. The minimum absolute atomic E-state index is 0.249. The number of aryl methyl sites for hydroxylation is 3. The molecule has 21 heavy (non-hydrogen) atoms. The van der Waals surface area contributed by atoms with Gasteiger partial charge in [-0.25, -0.2) is 18.1 Å². The molecular weight excluding hydrogens is 306 g/mol. The molecule has 0 spiro atoms. The molecule has 0 fully saturated rings. The molecule has 7 heteroatoms. The smallest absolute Gasteiger partial charge is 0.241 e. The maximum atomic E-state index is 12.4.